The first-order valence-corrected chi connectivity index (χ1v) is 7.98. The second kappa shape index (κ2) is 7.41. The van der Waals surface area contributed by atoms with E-state index in [1.807, 2.05) is 27.7 Å². The van der Waals surface area contributed by atoms with Crippen LogP contribution in [0.25, 0.3) is 0 Å². The lowest BCUT2D eigenvalue weighted by Gasteiger charge is -2.20. The van der Waals surface area contributed by atoms with Gasteiger partial charge in [-0.2, -0.15) is 0 Å². The molecule has 0 aromatic rings. The van der Waals surface area contributed by atoms with Crippen molar-refractivity contribution in [1.29, 1.82) is 0 Å². The maximum atomic E-state index is 12.2. The second-order valence-electron chi connectivity index (χ2n) is 5.35. The van der Waals surface area contributed by atoms with E-state index in [0.717, 1.165) is 0 Å². The molecule has 0 spiro atoms. The predicted molar refractivity (Wildman–Crippen MR) is 83.5 cm³/mol. The molecule has 0 bridgehead atoms. The van der Waals surface area contributed by atoms with E-state index >= 15 is 0 Å². The van der Waals surface area contributed by atoms with Crippen molar-refractivity contribution in [2.45, 2.75) is 27.7 Å². The molecule has 0 fully saturated rings. The number of halogens is 2. The van der Waals surface area contributed by atoms with Crippen molar-refractivity contribution in [3.63, 3.8) is 0 Å². The molecule has 0 N–H and O–H groups in total. The lowest BCUT2D eigenvalue weighted by Crippen LogP contribution is -2.24. The highest BCUT2D eigenvalue weighted by Gasteiger charge is 2.35. The summed E-state index contributed by atoms with van der Waals surface area (Å²) in [6.07, 6.45) is 0. The first kappa shape index (κ1) is 17.4. The van der Waals surface area contributed by atoms with Gasteiger partial charge in [-0.1, -0.05) is 27.7 Å². The third-order valence-electron chi connectivity index (χ3n) is 2.33. The molecule has 0 radical (unpaired) electrons. The van der Waals surface area contributed by atoms with Crippen LogP contribution in [0.15, 0.2) is 20.5 Å². The zero-order chi connectivity index (χ0) is 15.4. The molecule has 4 nitrogen and oxygen atoms in total. The summed E-state index contributed by atoms with van der Waals surface area (Å²) in [5.41, 5.74) is 0. The van der Waals surface area contributed by atoms with Crippen LogP contribution in [0.2, 0.25) is 0 Å². The number of hydrogen-bond donors (Lipinski definition) is 0. The maximum absolute atomic E-state index is 12.2. The molecule has 1 rings (SSSR count). The van der Waals surface area contributed by atoms with Gasteiger partial charge in [0.1, 0.15) is 8.96 Å². The first-order valence-electron chi connectivity index (χ1n) is 6.40. The fourth-order valence-corrected chi connectivity index (χ4v) is 2.31. The molecule has 0 aromatic carbocycles. The van der Waals surface area contributed by atoms with Gasteiger partial charge < -0.3 is 9.47 Å². The molecule has 0 saturated heterocycles. The highest BCUT2D eigenvalue weighted by Crippen LogP contribution is 2.33. The van der Waals surface area contributed by atoms with Gasteiger partial charge in [0, 0.05) is 0 Å². The number of carbonyl (C=O) groups excluding carboxylic acids is 2. The molecule has 0 atom stereocenters. The monoisotopic (exact) mass is 408 g/mol. The molecule has 20 heavy (non-hydrogen) atoms. The standard InChI is InChI=1S/C14H18Br2O4/c1-7(2)5-19-13-9(15)12(18)14(10(16)11(13)17)20-6-8(3)4/h7-8H,5-6H2,1-4H3. The number of Topliss-reactive ketones (excluding diaryl/α,β-unsaturated/α-hetero) is 2. The van der Waals surface area contributed by atoms with Gasteiger partial charge in [0.15, 0.2) is 11.5 Å². The highest BCUT2D eigenvalue weighted by atomic mass is 79.9. The Morgan fingerprint density at radius 1 is 0.800 bits per heavy atom. The van der Waals surface area contributed by atoms with Gasteiger partial charge in [-0.05, 0) is 43.7 Å². The highest BCUT2D eigenvalue weighted by molar-refractivity contribution is 9.12. The van der Waals surface area contributed by atoms with Crippen LogP contribution < -0.4 is 0 Å². The predicted octanol–water partition coefficient (Wildman–Crippen LogP) is 3.70. The van der Waals surface area contributed by atoms with Crippen LogP contribution in [0.1, 0.15) is 27.7 Å². The van der Waals surface area contributed by atoms with Gasteiger partial charge >= 0.3 is 0 Å². The smallest absolute Gasteiger partial charge is 0.239 e. The lowest BCUT2D eigenvalue weighted by molar-refractivity contribution is -0.120. The zero-order valence-corrected chi connectivity index (χ0v) is 15.1. The van der Waals surface area contributed by atoms with Crippen molar-refractivity contribution in [1.82, 2.24) is 0 Å². The molecule has 0 saturated carbocycles. The van der Waals surface area contributed by atoms with Gasteiger partial charge in [0.05, 0.1) is 13.2 Å². The Bertz CT molecular complexity index is 432. The minimum Gasteiger partial charge on any atom is -0.488 e. The number of rotatable bonds is 6. The van der Waals surface area contributed by atoms with Crippen LogP contribution in [-0.4, -0.2) is 24.8 Å². The van der Waals surface area contributed by atoms with Crippen molar-refractivity contribution >= 4 is 43.4 Å². The number of carbonyl (C=O) groups is 2. The summed E-state index contributed by atoms with van der Waals surface area (Å²) < 4.78 is 11.1. The quantitative estimate of drug-likeness (QED) is 0.627. The third kappa shape index (κ3) is 4.19. The summed E-state index contributed by atoms with van der Waals surface area (Å²) in [7, 11) is 0. The van der Waals surface area contributed by atoms with Crippen LogP contribution in [0, 0.1) is 11.8 Å². The summed E-state index contributed by atoms with van der Waals surface area (Å²) in [5.74, 6) is -0.175. The summed E-state index contributed by atoms with van der Waals surface area (Å²) in [6.45, 7) is 8.59. The molecular formula is C14H18Br2O4. The minimum absolute atomic E-state index is 0.0347. The van der Waals surface area contributed by atoms with Crippen LogP contribution >= 0.6 is 31.9 Å². The van der Waals surface area contributed by atoms with Crippen molar-refractivity contribution < 1.29 is 19.1 Å². The summed E-state index contributed by atoms with van der Waals surface area (Å²) in [5, 5.41) is 0. The molecule has 0 unspecified atom stereocenters. The molecule has 0 aromatic heterocycles. The van der Waals surface area contributed by atoms with Gasteiger partial charge in [-0.15, -0.1) is 0 Å². The SMILES string of the molecule is CC(C)COC1=C(Br)C(=O)C(OCC(C)C)=C(Br)C1=O. The second-order valence-corrected chi connectivity index (χ2v) is 6.94. The van der Waals surface area contributed by atoms with Gasteiger partial charge in [-0.3, -0.25) is 9.59 Å². The van der Waals surface area contributed by atoms with E-state index in [-0.39, 0.29) is 43.9 Å². The maximum Gasteiger partial charge on any atom is 0.239 e. The minimum atomic E-state index is -0.379. The summed E-state index contributed by atoms with van der Waals surface area (Å²) >= 11 is 6.27. The van der Waals surface area contributed by atoms with Gasteiger partial charge in [-0.25, -0.2) is 0 Å². The Labute approximate surface area is 135 Å². The number of ether oxygens (including phenoxy) is 2. The zero-order valence-electron chi connectivity index (χ0n) is 12.0. The van der Waals surface area contributed by atoms with Crippen LogP contribution in [0.5, 0.6) is 0 Å². The van der Waals surface area contributed by atoms with Crippen LogP contribution in [-0.2, 0) is 19.1 Å². The average Bonchev–Trinajstić information content (AvgIpc) is 2.35. The van der Waals surface area contributed by atoms with Crippen molar-refractivity contribution in [2.24, 2.45) is 11.8 Å². The Balaban J connectivity index is 2.96. The van der Waals surface area contributed by atoms with E-state index in [2.05, 4.69) is 31.9 Å². The van der Waals surface area contributed by atoms with Crippen LogP contribution in [0.3, 0.4) is 0 Å². The summed E-state index contributed by atoms with van der Waals surface area (Å²) in [4.78, 5) is 24.4. The van der Waals surface area contributed by atoms with E-state index in [1.165, 1.54) is 0 Å². The normalized spacial score (nSPS) is 16.6. The number of hydrogen-bond acceptors (Lipinski definition) is 4. The first-order chi connectivity index (χ1) is 9.25. The molecule has 1 aliphatic carbocycles. The third-order valence-corrected chi connectivity index (χ3v) is 3.77. The Kier molecular flexibility index (Phi) is 6.45. The van der Waals surface area contributed by atoms with Gasteiger partial charge in [0.2, 0.25) is 11.6 Å². The van der Waals surface area contributed by atoms with Crippen molar-refractivity contribution in [3.8, 4) is 0 Å². The Morgan fingerprint density at radius 2 is 1.10 bits per heavy atom. The average molecular weight is 410 g/mol. The van der Waals surface area contributed by atoms with E-state index in [0.29, 0.717) is 13.2 Å². The Hall–Kier alpha value is -0.620. The topological polar surface area (TPSA) is 52.6 Å². The Morgan fingerprint density at radius 3 is 1.35 bits per heavy atom. The summed E-state index contributed by atoms with van der Waals surface area (Å²) in [6, 6.07) is 0. The van der Waals surface area contributed by atoms with E-state index in [4.69, 9.17) is 9.47 Å². The van der Waals surface area contributed by atoms with Crippen LogP contribution in [0.4, 0.5) is 0 Å². The number of allylic oxidation sites excluding steroid dienone is 2. The fourth-order valence-electron chi connectivity index (χ4n) is 1.36. The van der Waals surface area contributed by atoms with Gasteiger partial charge in [0.25, 0.3) is 0 Å². The molecule has 112 valence electrons. The lowest BCUT2D eigenvalue weighted by atomic mass is 10.1. The van der Waals surface area contributed by atoms with E-state index < -0.39 is 0 Å². The molecule has 6 heteroatoms. The molecule has 1 aliphatic rings. The van der Waals surface area contributed by atoms with Crippen molar-refractivity contribution in [2.75, 3.05) is 13.2 Å². The van der Waals surface area contributed by atoms with E-state index in [9.17, 15) is 9.59 Å². The molecular weight excluding hydrogens is 392 g/mol. The molecule has 0 amide bonds. The molecule has 0 heterocycles. The largest absolute Gasteiger partial charge is 0.488 e. The van der Waals surface area contributed by atoms with Crippen molar-refractivity contribution in [3.05, 3.63) is 20.5 Å². The number of ketones is 2. The molecule has 0 aliphatic heterocycles. The van der Waals surface area contributed by atoms with E-state index in [1.54, 1.807) is 0 Å². The fraction of sp³-hybridized carbons (Fsp3) is 0.571.